The van der Waals surface area contributed by atoms with Gasteiger partial charge in [0.2, 0.25) is 0 Å². The maximum atomic E-state index is 12.2. The molecule has 1 amide bonds. The average Bonchev–Trinajstić information content (AvgIpc) is 3.25. The van der Waals surface area contributed by atoms with Gasteiger partial charge in [-0.15, -0.1) is 11.3 Å². The molecule has 3 rings (SSSR count). The molecule has 0 saturated heterocycles. The molecule has 116 valence electrons. The summed E-state index contributed by atoms with van der Waals surface area (Å²) >= 11 is 1.40. The second kappa shape index (κ2) is 5.96. The summed E-state index contributed by atoms with van der Waals surface area (Å²) in [5.74, 6) is 1.30. The summed E-state index contributed by atoms with van der Waals surface area (Å²) in [6, 6.07) is 5.98. The van der Waals surface area contributed by atoms with E-state index < -0.39 is 0 Å². The van der Waals surface area contributed by atoms with Crippen molar-refractivity contribution in [2.45, 2.75) is 25.8 Å². The molecule has 0 aliphatic heterocycles. The summed E-state index contributed by atoms with van der Waals surface area (Å²) in [6.45, 7) is 1.86. The van der Waals surface area contributed by atoms with Gasteiger partial charge in [-0.25, -0.2) is 4.98 Å². The van der Waals surface area contributed by atoms with Crippen molar-refractivity contribution in [3.8, 4) is 22.1 Å². The number of amides is 1. The third-order valence-corrected chi connectivity index (χ3v) is 4.75. The van der Waals surface area contributed by atoms with Gasteiger partial charge in [0.25, 0.3) is 5.91 Å². The van der Waals surface area contributed by atoms with Crippen molar-refractivity contribution in [3.05, 3.63) is 28.8 Å². The lowest BCUT2D eigenvalue weighted by Crippen LogP contribution is -2.25. The Morgan fingerprint density at radius 2 is 2.00 bits per heavy atom. The Kier molecular flexibility index (Phi) is 4.02. The molecule has 0 unspecified atom stereocenters. The molecule has 1 heterocycles. The fourth-order valence-electron chi connectivity index (χ4n) is 2.18. The normalized spacial score (nSPS) is 13.8. The zero-order valence-electron chi connectivity index (χ0n) is 12.8. The summed E-state index contributed by atoms with van der Waals surface area (Å²) in [5.41, 5.74) is 1.67. The van der Waals surface area contributed by atoms with Crippen LogP contribution in [0, 0.1) is 6.92 Å². The van der Waals surface area contributed by atoms with Gasteiger partial charge in [-0.05, 0) is 38.0 Å². The SMILES string of the molecule is COc1ccc(-c2nc(C)c(C(=O)NC3CC3)s2)cc1OC. The van der Waals surface area contributed by atoms with Crippen LogP contribution in [0.2, 0.25) is 0 Å². The van der Waals surface area contributed by atoms with Gasteiger partial charge >= 0.3 is 0 Å². The maximum absolute atomic E-state index is 12.2. The van der Waals surface area contributed by atoms with Crippen LogP contribution in [0.1, 0.15) is 28.2 Å². The number of aryl methyl sites for hydroxylation is 1. The second-order valence-electron chi connectivity index (χ2n) is 5.25. The number of aromatic nitrogens is 1. The minimum atomic E-state index is -0.0239. The number of carbonyl (C=O) groups is 1. The van der Waals surface area contributed by atoms with Gasteiger partial charge in [0, 0.05) is 11.6 Å². The molecule has 1 aliphatic rings. The van der Waals surface area contributed by atoms with E-state index >= 15 is 0 Å². The summed E-state index contributed by atoms with van der Waals surface area (Å²) < 4.78 is 10.6. The zero-order valence-corrected chi connectivity index (χ0v) is 13.6. The van der Waals surface area contributed by atoms with Crippen LogP contribution in [-0.4, -0.2) is 31.2 Å². The van der Waals surface area contributed by atoms with E-state index in [9.17, 15) is 4.79 Å². The third-order valence-electron chi connectivity index (χ3n) is 3.55. The minimum Gasteiger partial charge on any atom is -0.493 e. The molecule has 1 aromatic heterocycles. The van der Waals surface area contributed by atoms with Gasteiger partial charge in [0.15, 0.2) is 11.5 Å². The van der Waals surface area contributed by atoms with Crippen LogP contribution in [0.3, 0.4) is 0 Å². The predicted molar refractivity (Wildman–Crippen MR) is 85.9 cm³/mol. The molecule has 0 radical (unpaired) electrons. The highest BCUT2D eigenvalue weighted by Crippen LogP contribution is 2.35. The van der Waals surface area contributed by atoms with Gasteiger partial charge in [0.1, 0.15) is 9.88 Å². The number of benzene rings is 1. The van der Waals surface area contributed by atoms with Crippen molar-refractivity contribution in [1.82, 2.24) is 10.3 Å². The molecular formula is C16H18N2O3S. The van der Waals surface area contributed by atoms with Crippen LogP contribution in [0.25, 0.3) is 10.6 Å². The van der Waals surface area contributed by atoms with Crippen molar-refractivity contribution < 1.29 is 14.3 Å². The maximum Gasteiger partial charge on any atom is 0.263 e. The first-order valence-corrected chi connectivity index (χ1v) is 7.94. The molecule has 1 N–H and O–H groups in total. The number of nitrogens with zero attached hydrogens (tertiary/aromatic N) is 1. The van der Waals surface area contributed by atoms with Gasteiger partial charge in [-0.3, -0.25) is 4.79 Å². The van der Waals surface area contributed by atoms with Crippen LogP contribution >= 0.6 is 11.3 Å². The highest BCUT2D eigenvalue weighted by Gasteiger charge is 2.26. The molecule has 1 fully saturated rings. The number of nitrogens with one attached hydrogen (secondary N) is 1. The number of thiazole rings is 1. The lowest BCUT2D eigenvalue weighted by molar-refractivity contribution is 0.0954. The van der Waals surface area contributed by atoms with E-state index in [1.807, 2.05) is 25.1 Å². The van der Waals surface area contributed by atoms with E-state index in [0.29, 0.717) is 22.4 Å². The largest absolute Gasteiger partial charge is 0.493 e. The first-order chi connectivity index (χ1) is 10.6. The first-order valence-electron chi connectivity index (χ1n) is 7.13. The predicted octanol–water partition coefficient (Wildman–Crippen LogP) is 3.03. The fourth-order valence-corrected chi connectivity index (χ4v) is 3.14. The summed E-state index contributed by atoms with van der Waals surface area (Å²) in [5, 5.41) is 3.81. The van der Waals surface area contributed by atoms with E-state index in [0.717, 1.165) is 29.1 Å². The Bertz CT molecular complexity index is 707. The van der Waals surface area contributed by atoms with Crippen LogP contribution < -0.4 is 14.8 Å². The zero-order chi connectivity index (χ0) is 15.7. The van der Waals surface area contributed by atoms with E-state index in [2.05, 4.69) is 10.3 Å². The van der Waals surface area contributed by atoms with Crippen molar-refractivity contribution in [2.24, 2.45) is 0 Å². The number of hydrogen-bond acceptors (Lipinski definition) is 5. The Hall–Kier alpha value is -2.08. The van der Waals surface area contributed by atoms with Crippen LogP contribution in [0.4, 0.5) is 0 Å². The number of carbonyl (C=O) groups excluding carboxylic acids is 1. The number of rotatable bonds is 5. The fraction of sp³-hybridized carbons (Fsp3) is 0.375. The molecule has 2 aromatic rings. The van der Waals surface area contributed by atoms with E-state index in [1.54, 1.807) is 14.2 Å². The van der Waals surface area contributed by atoms with E-state index in [-0.39, 0.29) is 5.91 Å². The lowest BCUT2D eigenvalue weighted by Gasteiger charge is -2.08. The Morgan fingerprint density at radius 3 is 2.64 bits per heavy atom. The van der Waals surface area contributed by atoms with Crippen molar-refractivity contribution >= 4 is 17.2 Å². The Balaban J connectivity index is 1.90. The second-order valence-corrected chi connectivity index (χ2v) is 6.25. The molecule has 0 bridgehead atoms. The van der Waals surface area contributed by atoms with Crippen LogP contribution in [-0.2, 0) is 0 Å². The summed E-state index contributed by atoms with van der Waals surface area (Å²) in [7, 11) is 3.20. The molecule has 1 saturated carbocycles. The average molecular weight is 318 g/mol. The number of methoxy groups -OCH3 is 2. The van der Waals surface area contributed by atoms with Crippen molar-refractivity contribution in [2.75, 3.05) is 14.2 Å². The molecule has 5 nitrogen and oxygen atoms in total. The van der Waals surface area contributed by atoms with Gasteiger partial charge in [0.05, 0.1) is 19.9 Å². The Labute approximate surface area is 133 Å². The topological polar surface area (TPSA) is 60.5 Å². The minimum absolute atomic E-state index is 0.0239. The van der Waals surface area contributed by atoms with Crippen molar-refractivity contribution in [1.29, 1.82) is 0 Å². The Morgan fingerprint density at radius 1 is 1.27 bits per heavy atom. The molecule has 1 aliphatic carbocycles. The molecule has 0 atom stereocenters. The van der Waals surface area contributed by atoms with Crippen LogP contribution in [0.15, 0.2) is 18.2 Å². The lowest BCUT2D eigenvalue weighted by atomic mass is 10.2. The molecule has 6 heteroatoms. The quantitative estimate of drug-likeness (QED) is 0.920. The molecule has 1 aromatic carbocycles. The molecular weight excluding hydrogens is 300 g/mol. The highest BCUT2D eigenvalue weighted by molar-refractivity contribution is 7.17. The third kappa shape index (κ3) is 2.92. The van der Waals surface area contributed by atoms with Gasteiger partial charge in [-0.2, -0.15) is 0 Å². The molecule has 0 spiro atoms. The first kappa shape index (κ1) is 14.8. The monoisotopic (exact) mass is 318 g/mol. The van der Waals surface area contributed by atoms with Crippen molar-refractivity contribution in [3.63, 3.8) is 0 Å². The van der Waals surface area contributed by atoms with E-state index in [1.165, 1.54) is 11.3 Å². The standard InChI is InChI=1S/C16H18N2O3S/c1-9-14(15(19)18-11-5-6-11)22-16(17-9)10-4-7-12(20-2)13(8-10)21-3/h4,7-8,11H,5-6H2,1-3H3,(H,18,19). The van der Waals surface area contributed by atoms with Gasteiger partial charge < -0.3 is 14.8 Å². The summed E-state index contributed by atoms with van der Waals surface area (Å²) in [6.07, 6.45) is 2.15. The highest BCUT2D eigenvalue weighted by atomic mass is 32.1. The number of hydrogen-bond donors (Lipinski definition) is 1. The van der Waals surface area contributed by atoms with Gasteiger partial charge in [-0.1, -0.05) is 0 Å². The van der Waals surface area contributed by atoms with Crippen LogP contribution in [0.5, 0.6) is 11.5 Å². The van der Waals surface area contributed by atoms with E-state index in [4.69, 9.17) is 9.47 Å². The molecule has 22 heavy (non-hydrogen) atoms. The number of ether oxygens (including phenoxy) is 2. The smallest absolute Gasteiger partial charge is 0.263 e. The summed E-state index contributed by atoms with van der Waals surface area (Å²) in [4.78, 5) is 17.4.